The zero-order valence-corrected chi connectivity index (χ0v) is 12.8. The first-order valence-electron chi connectivity index (χ1n) is 7.70. The topological polar surface area (TPSA) is 102 Å². The number of hydrogen-bond acceptors (Lipinski definition) is 6. The molecule has 0 aliphatic heterocycles. The van der Waals surface area contributed by atoms with Crippen LogP contribution in [0, 0.1) is 0 Å². The highest BCUT2D eigenvalue weighted by molar-refractivity contribution is 5.92. The maximum Gasteiger partial charge on any atom is 0.273 e. The van der Waals surface area contributed by atoms with E-state index in [1.807, 2.05) is 0 Å². The van der Waals surface area contributed by atoms with Gasteiger partial charge in [0.1, 0.15) is 11.5 Å². The van der Waals surface area contributed by atoms with E-state index in [-0.39, 0.29) is 12.2 Å². The molecule has 2 N–H and O–H groups in total. The summed E-state index contributed by atoms with van der Waals surface area (Å²) in [7, 11) is 0. The SMILES string of the molecule is O=C(NCC(O)(c1ccoc1)c1ccco1)c1cc(C2CC2)on1. The summed E-state index contributed by atoms with van der Waals surface area (Å²) in [5.74, 6) is 1.00. The summed E-state index contributed by atoms with van der Waals surface area (Å²) < 4.78 is 15.6. The molecule has 7 nitrogen and oxygen atoms in total. The summed E-state index contributed by atoms with van der Waals surface area (Å²) in [6.07, 6.45) is 6.45. The summed E-state index contributed by atoms with van der Waals surface area (Å²) in [5, 5.41) is 17.5. The van der Waals surface area contributed by atoms with Crippen LogP contribution < -0.4 is 5.32 Å². The van der Waals surface area contributed by atoms with Crippen LogP contribution >= 0.6 is 0 Å². The molecule has 1 amide bonds. The maximum atomic E-state index is 12.3. The molecule has 7 heteroatoms. The van der Waals surface area contributed by atoms with Gasteiger partial charge in [0, 0.05) is 17.5 Å². The van der Waals surface area contributed by atoms with Crippen molar-refractivity contribution in [2.45, 2.75) is 24.4 Å². The van der Waals surface area contributed by atoms with E-state index in [1.165, 1.54) is 18.8 Å². The van der Waals surface area contributed by atoms with Crippen LogP contribution in [-0.4, -0.2) is 22.7 Å². The number of furan rings is 2. The lowest BCUT2D eigenvalue weighted by molar-refractivity contribution is 0.0518. The minimum atomic E-state index is -1.53. The summed E-state index contributed by atoms with van der Waals surface area (Å²) in [4.78, 5) is 12.3. The number of nitrogens with one attached hydrogen (secondary N) is 1. The Bertz CT molecular complexity index is 781. The minimum Gasteiger partial charge on any atom is -0.472 e. The highest BCUT2D eigenvalue weighted by atomic mass is 16.5. The maximum absolute atomic E-state index is 12.3. The van der Waals surface area contributed by atoms with Crippen molar-refractivity contribution in [1.29, 1.82) is 0 Å². The quantitative estimate of drug-likeness (QED) is 0.720. The molecule has 1 aliphatic rings. The first kappa shape index (κ1) is 14.8. The Morgan fingerprint density at radius 1 is 1.38 bits per heavy atom. The van der Waals surface area contributed by atoms with Gasteiger partial charge in [-0.05, 0) is 31.0 Å². The molecule has 3 heterocycles. The van der Waals surface area contributed by atoms with Crippen LogP contribution in [0.3, 0.4) is 0 Å². The number of amides is 1. The fourth-order valence-corrected chi connectivity index (χ4v) is 2.60. The molecule has 0 bridgehead atoms. The van der Waals surface area contributed by atoms with Crippen LogP contribution in [0.4, 0.5) is 0 Å². The Morgan fingerprint density at radius 2 is 2.25 bits per heavy atom. The fraction of sp³-hybridized carbons (Fsp3) is 0.294. The Hall–Kier alpha value is -2.80. The summed E-state index contributed by atoms with van der Waals surface area (Å²) in [6.45, 7) is -0.0928. The largest absolute Gasteiger partial charge is 0.472 e. The van der Waals surface area contributed by atoms with Gasteiger partial charge in [0.05, 0.1) is 25.3 Å². The van der Waals surface area contributed by atoms with Crippen molar-refractivity contribution in [2.24, 2.45) is 0 Å². The Labute approximate surface area is 137 Å². The van der Waals surface area contributed by atoms with Crippen molar-refractivity contribution in [3.63, 3.8) is 0 Å². The molecule has 124 valence electrons. The number of carbonyl (C=O) groups is 1. The molecule has 0 aromatic carbocycles. The molecular formula is C17H16N2O5. The van der Waals surface area contributed by atoms with E-state index in [0.717, 1.165) is 18.6 Å². The molecule has 24 heavy (non-hydrogen) atoms. The minimum absolute atomic E-state index is 0.0928. The highest BCUT2D eigenvalue weighted by Crippen LogP contribution is 2.40. The molecule has 0 spiro atoms. The van der Waals surface area contributed by atoms with Gasteiger partial charge in [0.2, 0.25) is 0 Å². The third-order valence-corrected chi connectivity index (χ3v) is 4.17. The number of carbonyl (C=O) groups excluding carboxylic acids is 1. The highest BCUT2D eigenvalue weighted by Gasteiger charge is 2.36. The van der Waals surface area contributed by atoms with E-state index in [1.54, 1.807) is 24.3 Å². The van der Waals surface area contributed by atoms with Gasteiger partial charge >= 0.3 is 0 Å². The van der Waals surface area contributed by atoms with E-state index in [0.29, 0.717) is 17.2 Å². The van der Waals surface area contributed by atoms with Crippen molar-refractivity contribution in [3.8, 4) is 0 Å². The van der Waals surface area contributed by atoms with Crippen LogP contribution in [0.2, 0.25) is 0 Å². The second-order valence-corrected chi connectivity index (χ2v) is 5.92. The van der Waals surface area contributed by atoms with Crippen LogP contribution in [0.15, 0.2) is 56.4 Å². The summed E-state index contributed by atoms with van der Waals surface area (Å²) in [5.41, 5.74) is -0.850. The monoisotopic (exact) mass is 328 g/mol. The number of rotatable bonds is 6. The molecule has 3 aromatic rings. The average Bonchev–Trinajstić information content (AvgIpc) is 3.12. The third-order valence-electron chi connectivity index (χ3n) is 4.17. The van der Waals surface area contributed by atoms with E-state index in [4.69, 9.17) is 13.4 Å². The normalized spacial score (nSPS) is 16.7. The first-order chi connectivity index (χ1) is 11.7. The van der Waals surface area contributed by atoms with Crippen LogP contribution in [0.25, 0.3) is 0 Å². The predicted molar refractivity (Wildman–Crippen MR) is 81.2 cm³/mol. The smallest absolute Gasteiger partial charge is 0.273 e. The fourth-order valence-electron chi connectivity index (χ4n) is 2.60. The van der Waals surface area contributed by atoms with Crippen molar-refractivity contribution < 1.29 is 23.3 Å². The van der Waals surface area contributed by atoms with Gasteiger partial charge in [-0.2, -0.15) is 0 Å². The lowest BCUT2D eigenvalue weighted by atomic mass is 9.93. The molecule has 1 saturated carbocycles. The van der Waals surface area contributed by atoms with Crippen molar-refractivity contribution in [2.75, 3.05) is 6.54 Å². The number of aromatic nitrogens is 1. The van der Waals surface area contributed by atoms with Crippen LogP contribution in [0.5, 0.6) is 0 Å². The zero-order valence-electron chi connectivity index (χ0n) is 12.8. The van der Waals surface area contributed by atoms with Gasteiger partial charge in [0.25, 0.3) is 5.91 Å². The number of aliphatic hydroxyl groups is 1. The molecule has 0 radical (unpaired) electrons. The Kier molecular flexibility index (Phi) is 3.50. The predicted octanol–water partition coefficient (Wildman–Crippen LogP) is 2.40. The molecule has 3 aromatic heterocycles. The van der Waals surface area contributed by atoms with E-state index < -0.39 is 11.5 Å². The van der Waals surface area contributed by atoms with E-state index in [9.17, 15) is 9.90 Å². The van der Waals surface area contributed by atoms with Gasteiger partial charge in [-0.25, -0.2) is 0 Å². The molecule has 1 unspecified atom stereocenters. The van der Waals surface area contributed by atoms with Gasteiger partial charge in [0.15, 0.2) is 11.3 Å². The van der Waals surface area contributed by atoms with E-state index in [2.05, 4.69) is 10.5 Å². The molecule has 1 fully saturated rings. The van der Waals surface area contributed by atoms with Crippen molar-refractivity contribution >= 4 is 5.91 Å². The van der Waals surface area contributed by atoms with Gasteiger partial charge < -0.3 is 23.8 Å². The first-order valence-corrected chi connectivity index (χ1v) is 7.70. The number of hydrogen-bond donors (Lipinski definition) is 2. The third kappa shape index (κ3) is 2.63. The second kappa shape index (κ2) is 5.68. The molecular weight excluding hydrogens is 312 g/mol. The van der Waals surface area contributed by atoms with E-state index >= 15 is 0 Å². The van der Waals surface area contributed by atoms with Crippen molar-refractivity contribution in [3.05, 3.63) is 65.8 Å². The van der Waals surface area contributed by atoms with Crippen molar-refractivity contribution in [1.82, 2.24) is 10.5 Å². The van der Waals surface area contributed by atoms with Gasteiger partial charge in [-0.15, -0.1) is 0 Å². The molecule has 1 atom stereocenters. The zero-order chi connectivity index (χ0) is 16.6. The lowest BCUT2D eigenvalue weighted by Gasteiger charge is -2.24. The molecule has 0 saturated heterocycles. The van der Waals surface area contributed by atoms with Crippen LogP contribution in [0.1, 0.15) is 46.3 Å². The molecule has 1 aliphatic carbocycles. The van der Waals surface area contributed by atoms with Crippen LogP contribution in [-0.2, 0) is 5.60 Å². The summed E-state index contributed by atoms with van der Waals surface area (Å²) in [6, 6.07) is 6.58. The summed E-state index contributed by atoms with van der Waals surface area (Å²) >= 11 is 0. The van der Waals surface area contributed by atoms with Gasteiger partial charge in [-0.1, -0.05) is 5.16 Å². The Balaban J connectivity index is 1.51. The average molecular weight is 328 g/mol. The van der Waals surface area contributed by atoms with Gasteiger partial charge in [-0.3, -0.25) is 4.79 Å². The number of nitrogens with zero attached hydrogens (tertiary/aromatic N) is 1. The second-order valence-electron chi connectivity index (χ2n) is 5.92. The Morgan fingerprint density at radius 3 is 2.92 bits per heavy atom. The standard InChI is InChI=1S/C17H16N2O5/c20-16(13-8-14(24-19-13)11-3-4-11)18-10-17(21,12-5-7-22-9-12)15-2-1-6-23-15/h1-2,5-9,11,21H,3-4,10H2,(H,18,20). The lowest BCUT2D eigenvalue weighted by Crippen LogP contribution is -2.41. The molecule has 4 rings (SSSR count).